The summed E-state index contributed by atoms with van der Waals surface area (Å²) in [7, 11) is 0. The van der Waals surface area contributed by atoms with Crippen molar-refractivity contribution in [2.75, 3.05) is 0 Å². The van der Waals surface area contributed by atoms with Gasteiger partial charge < -0.3 is 0 Å². The van der Waals surface area contributed by atoms with E-state index in [0.29, 0.717) is 0 Å². The Labute approximate surface area is 95.0 Å². The van der Waals surface area contributed by atoms with E-state index in [1.165, 1.54) is 0 Å². The van der Waals surface area contributed by atoms with E-state index < -0.39 is 0 Å². The molecule has 18 valence electrons. The van der Waals surface area contributed by atoms with Crippen LogP contribution in [0.5, 0.6) is 0 Å². The van der Waals surface area contributed by atoms with Gasteiger partial charge in [0.1, 0.15) is 0 Å². The Morgan fingerprint density at radius 3 is 0.400 bits per heavy atom. The second-order valence-electron chi connectivity index (χ2n) is 0. The molecule has 0 rings (SSSR count). The molecule has 5 heteroatoms. The molecule has 0 bridgehead atoms. The minimum atomic E-state index is 0. The standard InChI is InChI=1S/Cr.4Ga. The molecular weight excluding hydrogens is 331 g/mol. The van der Waals surface area contributed by atoms with Crippen LogP contribution in [0.4, 0.5) is 0 Å². The summed E-state index contributed by atoms with van der Waals surface area (Å²) >= 11 is 0. The van der Waals surface area contributed by atoms with Crippen LogP contribution in [-0.2, 0) is 17.4 Å². The Morgan fingerprint density at radius 2 is 0.400 bits per heavy atom. The molecule has 0 aliphatic rings. The van der Waals surface area contributed by atoms with Crippen LogP contribution in [0.15, 0.2) is 0 Å². The first-order valence-corrected chi connectivity index (χ1v) is 0. The maximum absolute atomic E-state index is 0. The monoisotopic (exact) mass is 328 g/mol. The van der Waals surface area contributed by atoms with Crippen molar-refractivity contribution < 1.29 is 17.4 Å². The van der Waals surface area contributed by atoms with Crippen LogP contribution in [0.2, 0.25) is 0 Å². The predicted octanol–water partition coefficient (Wildman–Crippen LogP) is -1.53. The molecule has 0 aliphatic heterocycles. The molecule has 0 atom stereocenters. The van der Waals surface area contributed by atoms with Crippen molar-refractivity contribution >= 4 is 79.2 Å². The molecule has 0 aromatic carbocycles. The molecule has 0 spiro atoms. The molecule has 0 saturated carbocycles. The molecular formula is CrGa4. The van der Waals surface area contributed by atoms with Crippen LogP contribution in [0.3, 0.4) is 0 Å². The zero-order chi connectivity index (χ0) is 0. The molecule has 0 nitrogen and oxygen atoms in total. The van der Waals surface area contributed by atoms with E-state index in [9.17, 15) is 0 Å². The second kappa shape index (κ2) is 27.6. The van der Waals surface area contributed by atoms with Crippen molar-refractivity contribution in [3.63, 3.8) is 0 Å². The SMILES string of the molecule is [Cr].[Ga].[Ga].[Ga].[Ga]. The summed E-state index contributed by atoms with van der Waals surface area (Å²) in [5.74, 6) is 0. The number of hydrogen-bond donors (Lipinski definition) is 0. The van der Waals surface area contributed by atoms with E-state index in [0.717, 1.165) is 0 Å². The van der Waals surface area contributed by atoms with Gasteiger partial charge in [-0.05, 0) is 0 Å². The fourth-order valence-corrected chi connectivity index (χ4v) is 0. The molecule has 0 aliphatic carbocycles. The molecule has 0 fully saturated rings. The molecule has 0 aromatic heterocycles. The average Bonchev–Trinajstić information content (AvgIpc) is 0. The first-order chi connectivity index (χ1) is 0. The molecule has 0 saturated heterocycles. The van der Waals surface area contributed by atoms with Gasteiger partial charge >= 0.3 is 0 Å². The van der Waals surface area contributed by atoms with Crippen molar-refractivity contribution in [3.05, 3.63) is 0 Å². The zero-order valence-electron chi connectivity index (χ0n) is 2.72. The summed E-state index contributed by atoms with van der Waals surface area (Å²) in [4.78, 5) is 0. The van der Waals surface area contributed by atoms with Crippen molar-refractivity contribution in [2.24, 2.45) is 0 Å². The minimum Gasteiger partial charge on any atom is 0 e. The van der Waals surface area contributed by atoms with E-state index in [4.69, 9.17) is 0 Å². The molecule has 5 heavy (non-hydrogen) atoms. The topological polar surface area (TPSA) is 0 Å². The Hall–Kier alpha value is 3.08. The Balaban J connectivity index is 0. The summed E-state index contributed by atoms with van der Waals surface area (Å²) < 4.78 is 0. The fourth-order valence-electron chi connectivity index (χ4n) is 0. The van der Waals surface area contributed by atoms with Crippen molar-refractivity contribution in [1.82, 2.24) is 0 Å². The van der Waals surface area contributed by atoms with Gasteiger partial charge in [-0.1, -0.05) is 0 Å². The summed E-state index contributed by atoms with van der Waals surface area (Å²) in [5, 5.41) is 0. The molecule has 0 N–H and O–H groups in total. The van der Waals surface area contributed by atoms with Gasteiger partial charge in [-0.15, -0.1) is 0 Å². The van der Waals surface area contributed by atoms with Crippen LogP contribution in [0.1, 0.15) is 0 Å². The van der Waals surface area contributed by atoms with E-state index in [1.54, 1.807) is 0 Å². The fraction of sp³-hybridized carbons (Fsp3) is 0. The predicted molar refractivity (Wildman–Crippen MR) is 23.0 cm³/mol. The summed E-state index contributed by atoms with van der Waals surface area (Å²) in [6, 6.07) is 0. The number of rotatable bonds is 0. The van der Waals surface area contributed by atoms with Gasteiger partial charge in [0, 0.05) is 96.5 Å². The smallest absolute Gasteiger partial charge is 0 e. The van der Waals surface area contributed by atoms with Crippen LogP contribution in [-0.4, -0.2) is 79.2 Å². The minimum absolute atomic E-state index is 0. The summed E-state index contributed by atoms with van der Waals surface area (Å²) in [5.41, 5.74) is 0. The van der Waals surface area contributed by atoms with Gasteiger partial charge in [0.05, 0.1) is 0 Å². The first kappa shape index (κ1) is 42.7. The van der Waals surface area contributed by atoms with E-state index >= 15 is 0 Å². The maximum atomic E-state index is 0. The van der Waals surface area contributed by atoms with Crippen molar-refractivity contribution in [1.29, 1.82) is 0 Å². The van der Waals surface area contributed by atoms with E-state index in [-0.39, 0.29) is 96.5 Å². The average molecular weight is 331 g/mol. The Morgan fingerprint density at radius 1 is 0.400 bits per heavy atom. The Kier molecular flexibility index (Phi) is 236. The molecule has 0 unspecified atom stereocenters. The van der Waals surface area contributed by atoms with Gasteiger partial charge in [-0.3, -0.25) is 0 Å². The van der Waals surface area contributed by atoms with Gasteiger partial charge in [0.25, 0.3) is 0 Å². The second-order valence-corrected chi connectivity index (χ2v) is 0. The zero-order valence-corrected chi connectivity index (χ0v) is 13.7. The molecule has 12 radical (unpaired) electrons. The maximum Gasteiger partial charge on any atom is 0 e. The Bertz CT molecular complexity index is 3.61. The van der Waals surface area contributed by atoms with Crippen molar-refractivity contribution in [2.45, 2.75) is 0 Å². The van der Waals surface area contributed by atoms with Crippen LogP contribution >= 0.6 is 0 Å². The largest absolute Gasteiger partial charge is 0 e. The van der Waals surface area contributed by atoms with Gasteiger partial charge in [-0.2, -0.15) is 0 Å². The third-order valence-electron chi connectivity index (χ3n) is 0. The van der Waals surface area contributed by atoms with Crippen LogP contribution < -0.4 is 0 Å². The third kappa shape index (κ3) is 19.3. The first-order valence-electron chi connectivity index (χ1n) is 0. The summed E-state index contributed by atoms with van der Waals surface area (Å²) in [6.45, 7) is 0. The quantitative estimate of drug-likeness (QED) is 0.473. The molecule has 0 amide bonds. The molecule has 0 aromatic rings. The van der Waals surface area contributed by atoms with Gasteiger partial charge in [0.2, 0.25) is 0 Å². The van der Waals surface area contributed by atoms with Crippen molar-refractivity contribution in [3.8, 4) is 0 Å². The number of hydrogen-bond acceptors (Lipinski definition) is 0. The molecule has 0 heterocycles. The normalized spacial score (nSPS) is 0. The van der Waals surface area contributed by atoms with Crippen LogP contribution in [0.25, 0.3) is 0 Å². The summed E-state index contributed by atoms with van der Waals surface area (Å²) in [6.07, 6.45) is 0. The van der Waals surface area contributed by atoms with E-state index in [1.807, 2.05) is 0 Å². The van der Waals surface area contributed by atoms with Gasteiger partial charge in [-0.25, -0.2) is 0 Å². The van der Waals surface area contributed by atoms with Gasteiger partial charge in [0.15, 0.2) is 0 Å². The third-order valence-corrected chi connectivity index (χ3v) is 0. The van der Waals surface area contributed by atoms with E-state index in [2.05, 4.69) is 0 Å². The van der Waals surface area contributed by atoms with Crippen LogP contribution in [0, 0.1) is 0 Å².